The molecule has 0 bridgehead atoms. The Morgan fingerprint density at radius 1 is 1.35 bits per heavy atom. The smallest absolute Gasteiger partial charge is 0.188 e. The molecule has 3 aromatic rings. The summed E-state index contributed by atoms with van der Waals surface area (Å²) in [5, 5.41) is 4.55. The average Bonchev–Trinajstić information content (AvgIpc) is 3.03. The van der Waals surface area contributed by atoms with Gasteiger partial charge in [-0.15, -0.1) is 11.3 Å². The highest BCUT2D eigenvalue weighted by molar-refractivity contribution is 7.16. The molecule has 0 saturated heterocycles. The number of nitrogens with zero attached hydrogens (tertiary/aromatic N) is 1. The summed E-state index contributed by atoms with van der Waals surface area (Å²) in [6.45, 7) is 2.01. The van der Waals surface area contributed by atoms with E-state index in [0.717, 1.165) is 27.2 Å². The van der Waals surface area contributed by atoms with Crippen molar-refractivity contribution in [1.29, 1.82) is 0 Å². The number of rotatable bonds is 3. The molecule has 0 spiro atoms. The molecule has 4 nitrogen and oxygen atoms in total. The molecule has 0 unspecified atom stereocenters. The Labute approximate surface area is 125 Å². The zero-order valence-electron chi connectivity index (χ0n) is 10.7. The van der Waals surface area contributed by atoms with E-state index < -0.39 is 0 Å². The maximum absolute atomic E-state index is 5.90. The quantitative estimate of drug-likeness (QED) is 0.689. The van der Waals surface area contributed by atoms with Gasteiger partial charge in [0.15, 0.2) is 10.9 Å². The lowest BCUT2D eigenvalue weighted by atomic mass is 10.3. The minimum Gasteiger partial charge on any atom is -0.463 e. The highest BCUT2D eigenvalue weighted by Gasteiger charge is 2.12. The van der Waals surface area contributed by atoms with Crippen LogP contribution >= 0.6 is 22.9 Å². The molecule has 2 heterocycles. The standard InChI is InChI=1S/C14H12ClN3OS/c1-8-13(12-3-2-6-19-12)18-14(20-8)17-9-4-5-10(15)11(16)7-9/h2-7H,16H2,1H3,(H,17,18). The number of aryl methyl sites for hydroxylation is 1. The number of thiazole rings is 1. The lowest BCUT2D eigenvalue weighted by Crippen LogP contribution is -1.92. The van der Waals surface area contributed by atoms with Gasteiger partial charge in [0.25, 0.3) is 0 Å². The third-order valence-corrected chi connectivity index (χ3v) is 4.03. The van der Waals surface area contributed by atoms with Gasteiger partial charge in [-0.1, -0.05) is 11.6 Å². The number of nitrogen functional groups attached to an aromatic ring is 1. The van der Waals surface area contributed by atoms with E-state index in [1.165, 1.54) is 0 Å². The molecule has 0 saturated carbocycles. The fraction of sp³-hybridized carbons (Fsp3) is 0.0714. The minimum absolute atomic E-state index is 0.538. The summed E-state index contributed by atoms with van der Waals surface area (Å²) in [4.78, 5) is 5.63. The second-order valence-electron chi connectivity index (χ2n) is 4.26. The molecule has 0 fully saturated rings. The highest BCUT2D eigenvalue weighted by atomic mass is 35.5. The van der Waals surface area contributed by atoms with E-state index in [0.29, 0.717) is 10.7 Å². The molecule has 0 aliphatic carbocycles. The predicted octanol–water partition coefficient (Wildman–Crippen LogP) is 4.69. The van der Waals surface area contributed by atoms with Crippen molar-refractivity contribution in [1.82, 2.24) is 4.98 Å². The van der Waals surface area contributed by atoms with E-state index in [1.54, 1.807) is 29.7 Å². The lowest BCUT2D eigenvalue weighted by molar-refractivity contribution is 0.580. The van der Waals surface area contributed by atoms with Crippen LogP contribution in [0.25, 0.3) is 11.5 Å². The summed E-state index contributed by atoms with van der Waals surface area (Å²) in [7, 11) is 0. The normalized spacial score (nSPS) is 10.7. The van der Waals surface area contributed by atoms with Crippen LogP contribution in [0.5, 0.6) is 0 Å². The van der Waals surface area contributed by atoms with Gasteiger partial charge in [-0.05, 0) is 37.3 Å². The zero-order valence-corrected chi connectivity index (χ0v) is 12.3. The van der Waals surface area contributed by atoms with Gasteiger partial charge in [0.05, 0.1) is 17.0 Å². The van der Waals surface area contributed by atoms with Crippen LogP contribution in [0.3, 0.4) is 0 Å². The van der Waals surface area contributed by atoms with Gasteiger partial charge in [-0.2, -0.15) is 0 Å². The molecule has 0 atom stereocenters. The van der Waals surface area contributed by atoms with E-state index in [4.69, 9.17) is 21.8 Å². The number of benzene rings is 1. The molecule has 1 aromatic carbocycles. The SMILES string of the molecule is Cc1sc(Nc2ccc(Cl)c(N)c2)nc1-c1ccco1. The van der Waals surface area contributed by atoms with Crippen molar-refractivity contribution in [3.63, 3.8) is 0 Å². The van der Waals surface area contributed by atoms with Gasteiger partial charge in [-0.3, -0.25) is 0 Å². The van der Waals surface area contributed by atoms with Crippen LogP contribution in [-0.4, -0.2) is 4.98 Å². The molecular weight excluding hydrogens is 294 g/mol. The molecule has 20 heavy (non-hydrogen) atoms. The molecule has 0 amide bonds. The third-order valence-electron chi connectivity index (χ3n) is 2.80. The number of aromatic nitrogens is 1. The Morgan fingerprint density at radius 3 is 2.90 bits per heavy atom. The van der Waals surface area contributed by atoms with Gasteiger partial charge in [0.1, 0.15) is 5.69 Å². The molecule has 102 valence electrons. The summed E-state index contributed by atoms with van der Waals surface area (Å²) in [5.74, 6) is 0.766. The van der Waals surface area contributed by atoms with Crippen molar-refractivity contribution in [3.05, 3.63) is 46.5 Å². The molecule has 6 heteroatoms. The minimum atomic E-state index is 0.538. The van der Waals surface area contributed by atoms with Crippen LogP contribution in [0, 0.1) is 6.92 Å². The van der Waals surface area contributed by atoms with Crippen LogP contribution in [-0.2, 0) is 0 Å². The molecular formula is C14H12ClN3OS. The van der Waals surface area contributed by atoms with Gasteiger partial charge in [-0.25, -0.2) is 4.98 Å². The Balaban J connectivity index is 1.88. The monoisotopic (exact) mass is 305 g/mol. The molecule has 0 radical (unpaired) electrons. The van der Waals surface area contributed by atoms with Crippen molar-refractivity contribution >= 4 is 39.4 Å². The van der Waals surface area contributed by atoms with Crippen LogP contribution in [0.15, 0.2) is 41.0 Å². The number of hydrogen-bond acceptors (Lipinski definition) is 5. The first-order valence-corrected chi connectivity index (χ1v) is 7.16. The van der Waals surface area contributed by atoms with Gasteiger partial charge in [0, 0.05) is 10.6 Å². The number of hydrogen-bond donors (Lipinski definition) is 2. The van der Waals surface area contributed by atoms with Gasteiger partial charge < -0.3 is 15.5 Å². The van der Waals surface area contributed by atoms with Crippen LogP contribution in [0.2, 0.25) is 5.02 Å². The number of anilines is 3. The van der Waals surface area contributed by atoms with Crippen LogP contribution in [0.4, 0.5) is 16.5 Å². The fourth-order valence-corrected chi connectivity index (χ4v) is 2.79. The van der Waals surface area contributed by atoms with E-state index in [1.807, 2.05) is 25.1 Å². The third kappa shape index (κ3) is 2.50. The summed E-state index contributed by atoms with van der Waals surface area (Å²) >= 11 is 7.46. The maximum Gasteiger partial charge on any atom is 0.188 e. The van der Waals surface area contributed by atoms with Crippen molar-refractivity contribution in [2.75, 3.05) is 11.1 Å². The van der Waals surface area contributed by atoms with E-state index in [9.17, 15) is 0 Å². The second kappa shape index (κ2) is 5.19. The fourth-order valence-electron chi connectivity index (χ4n) is 1.84. The van der Waals surface area contributed by atoms with Crippen molar-refractivity contribution in [2.45, 2.75) is 6.92 Å². The number of furan rings is 1. The maximum atomic E-state index is 5.90. The second-order valence-corrected chi connectivity index (χ2v) is 5.87. The Bertz CT molecular complexity index is 737. The van der Waals surface area contributed by atoms with Crippen molar-refractivity contribution in [3.8, 4) is 11.5 Å². The van der Waals surface area contributed by atoms with Crippen LogP contribution in [0.1, 0.15) is 4.88 Å². The number of nitrogens with two attached hydrogens (primary N) is 1. The number of nitrogens with one attached hydrogen (secondary N) is 1. The van der Waals surface area contributed by atoms with Crippen molar-refractivity contribution in [2.24, 2.45) is 0 Å². The Kier molecular flexibility index (Phi) is 3.38. The lowest BCUT2D eigenvalue weighted by Gasteiger charge is -2.04. The molecule has 0 aliphatic heterocycles. The summed E-state index contributed by atoms with van der Waals surface area (Å²) in [5.41, 5.74) is 8.03. The van der Waals surface area contributed by atoms with Gasteiger partial charge in [0.2, 0.25) is 0 Å². The van der Waals surface area contributed by atoms with Gasteiger partial charge >= 0.3 is 0 Å². The first-order chi connectivity index (χ1) is 9.63. The van der Waals surface area contributed by atoms with E-state index >= 15 is 0 Å². The van der Waals surface area contributed by atoms with Crippen molar-refractivity contribution < 1.29 is 4.42 Å². The Hall–Kier alpha value is -1.98. The van der Waals surface area contributed by atoms with E-state index in [2.05, 4.69) is 10.3 Å². The predicted molar refractivity (Wildman–Crippen MR) is 83.7 cm³/mol. The summed E-state index contributed by atoms with van der Waals surface area (Å²) < 4.78 is 5.38. The van der Waals surface area contributed by atoms with E-state index in [-0.39, 0.29) is 0 Å². The molecule has 3 rings (SSSR count). The number of halogens is 1. The first-order valence-electron chi connectivity index (χ1n) is 5.97. The molecule has 2 aromatic heterocycles. The zero-order chi connectivity index (χ0) is 14.1. The average molecular weight is 306 g/mol. The molecule has 3 N–H and O–H groups in total. The first kappa shape index (κ1) is 13.0. The summed E-state index contributed by atoms with van der Waals surface area (Å²) in [6, 6.07) is 9.15. The topological polar surface area (TPSA) is 64.1 Å². The van der Waals surface area contributed by atoms with Crippen LogP contribution < -0.4 is 11.1 Å². The largest absolute Gasteiger partial charge is 0.463 e. The molecule has 0 aliphatic rings. The highest BCUT2D eigenvalue weighted by Crippen LogP contribution is 2.33. The summed E-state index contributed by atoms with van der Waals surface area (Å²) in [6.07, 6.45) is 1.64. The Morgan fingerprint density at radius 2 is 2.20 bits per heavy atom.